The first-order valence-corrected chi connectivity index (χ1v) is 24.6. The molecule has 0 N–H and O–H groups in total. The fraction of sp³-hybridized carbons (Fsp3) is 0.685. The van der Waals surface area contributed by atoms with E-state index in [1.165, 1.54) is 70.6 Å². The molecule has 0 aromatic carbocycles. The molecule has 0 saturated heterocycles. The molecule has 0 aromatic rings. The number of ether oxygens (including phenoxy) is 3. The third-order valence-electron chi connectivity index (χ3n) is 10.1. The highest BCUT2D eigenvalue weighted by molar-refractivity contribution is 5.71. The summed E-state index contributed by atoms with van der Waals surface area (Å²) in [5.41, 5.74) is 0. The van der Waals surface area contributed by atoms with Crippen molar-refractivity contribution in [2.24, 2.45) is 0 Å². The van der Waals surface area contributed by atoms with Gasteiger partial charge in [-0.25, -0.2) is 0 Å². The smallest absolute Gasteiger partial charge is 0.306 e. The summed E-state index contributed by atoms with van der Waals surface area (Å²) in [7, 11) is 0. The van der Waals surface area contributed by atoms with Gasteiger partial charge in [0.1, 0.15) is 13.2 Å². The lowest BCUT2D eigenvalue weighted by molar-refractivity contribution is -0.167. The highest BCUT2D eigenvalue weighted by atomic mass is 16.6. The minimum absolute atomic E-state index is 0.0982. The summed E-state index contributed by atoms with van der Waals surface area (Å²) in [6.07, 6.45) is 61.4. The molecule has 6 heteroatoms. The Morgan fingerprint density at radius 2 is 0.650 bits per heavy atom. The molecule has 0 amide bonds. The van der Waals surface area contributed by atoms with E-state index in [9.17, 15) is 14.4 Å². The predicted octanol–water partition coefficient (Wildman–Crippen LogP) is 16.0. The lowest BCUT2D eigenvalue weighted by Gasteiger charge is -2.18. The van der Waals surface area contributed by atoms with E-state index in [1.807, 2.05) is 0 Å². The molecule has 0 aliphatic heterocycles. The van der Waals surface area contributed by atoms with Crippen LogP contribution < -0.4 is 0 Å². The van der Waals surface area contributed by atoms with Gasteiger partial charge in [-0.15, -0.1) is 0 Å². The number of carbonyl (C=O) groups is 3. The van der Waals surface area contributed by atoms with Gasteiger partial charge in [-0.1, -0.05) is 183 Å². The zero-order valence-corrected chi connectivity index (χ0v) is 38.9. The van der Waals surface area contributed by atoms with Crippen molar-refractivity contribution >= 4 is 17.9 Å². The van der Waals surface area contributed by atoms with E-state index in [4.69, 9.17) is 14.2 Å². The van der Waals surface area contributed by atoms with E-state index in [-0.39, 0.29) is 37.5 Å². The zero-order chi connectivity index (χ0) is 43.7. The molecule has 0 aliphatic carbocycles. The molecule has 6 nitrogen and oxygen atoms in total. The van der Waals surface area contributed by atoms with Gasteiger partial charge in [-0.2, -0.15) is 0 Å². The van der Waals surface area contributed by atoms with Gasteiger partial charge in [-0.05, 0) is 103 Å². The molecule has 0 fully saturated rings. The second-order valence-corrected chi connectivity index (χ2v) is 16.0. The topological polar surface area (TPSA) is 78.9 Å². The molecule has 0 bridgehead atoms. The maximum atomic E-state index is 12.7. The van der Waals surface area contributed by atoms with E-state index in [2.05, 4.69) is 106 Å². The molecule has 60 heavy (non-hydrogen) atoms. The van der Waals surface area contributed by atoms with Gasteiger partial charge in [0.15, 0.2) is 6.10 Å². The standard InChI is InChI=1S/C54H90O6/c1-4-7-10-13-16-19-22-24-25-26-27-28-29-30-33-35-38-41-44-47-53(56)59-50-51(49-58-52(55)46-43-40-37-34-31-21-18-15-12-9-6-3)60-54(57)48-45-42-39-36-32-23-20-17-14-11-8-5-2/h7-8,10-11,15-20,24-25,32,36,51H,4-6,9,12-14,21-23,26-31,33-35,37-50H2,1-3H3/b10-7-,11-8-,18-15-,19-16-,20-17-,25-24-,36-32-. The second-order valence-electron chi connectivity index (χ2n) is 16.0. The molecule has 0 saturated carbocycles. The lowest BCUT2D eigenvalue weighted by atomic mass is 10.1. The molecule has 0 spiro atoms. The van der Waals surface area contributed by atoms with Gasteiger partial charge in [0.05, 0.1) is 0 Å². The van der Waals surface area contributed by atoms with Gasteiger partial charge in [0.2, 0.25) is 0 Å². The van der Waals surface area contributed by atoms with Crippen molar-refractivity contribution in [1.82, 2.24) is 0 Å². The minimum atomic E-state index is -0.800. The van der Waals surface area contributed by atoms with Crippen LogP contribution in [0, 0.1) is 0 Å². The van der Waals surface area contributed by atoms with Crippen LogP contribution in [0.3, 0.4) is 0 Å². The van der Waals surface area contributed by atoms with Crippen LogP contribution in [0.2, 0.25) is 0 Å². The Morgan fingerprint density at radius 3 is 1.07 bits per heavy atom. The van der Waals surface area contributed by atoms with Crippen molar-refractivity contribution in [3.63, 3.8) is 0 Å². The van der Waals surface area contributed by atoms with Gasteiger partial charge in [0.25, 0.3) is 0 Å². The van der Waals surface area contributed by atoms with E-state index >= 15 is 0 Å². The number of esters is 3. The van der Waals surface area contributed by atoms with E-state index < -0.39 is 6.10 Å². The normalized spacial score (nSPS) is 12.8. The fourth-order valence-electron chi connectivity index (χ4n) is 6.45. The average molecular weight is 835 g/mol. The van der Waals surface area contributed by atoms with Crippen LogP contribution in [0.5, 0.6) is 0 Å². The number of hydrogen-bond donors (Lipinski definition) is 0. The van der Waals surface area contributed by atoms with Crippen molar-refractivity contribution in [3.8, 4) is 0 Å². The number of carbonyl (C=O) groups excluding carboxylic acids is 3. The summed E-state index contributed by atoms with van der Waals surface area (Å²) in [5.74, 6) is -0.958. The van der Waals surface area contributed by atoms with Crippen LogP contribution in [-0.4, -0.2) is 37.2 Å². The Labute approximate surface area is 369 Å². The highest BCUT2D eigenvalue weighted by Gasteiger charge is 2.19. The van der Waals surface area contributed by atoms with Crippen LogP contribution in [0.1, 0.15) is 220 Å². The zero-order valence-electron chi connectivity index (χ0n) is 38.9. The first-order chi connectivity index (χ1) is 29.5. The van der Waals surface area contributed by atoms with Gasteiger partial charge < -0.3 is 14.2 Å². The summed E-state index contributed by atoms with van der Waals surface area (Å²) in [5, 5.41) is 0. The van der Waals surface area contributed by atoms with Crippen molar-refractivity contribution in [3.05, 3.63) is 85.1 Å². The summed E-state index contributed by atoms with van der Waals surface area (Å²) in [6.45, 7) is 6.31. The highest BCUT2D eigenvalue weighted by Crippen LogP contribution is 2.14. The number of rotatable bonds is 43. The minimum Gasteiger partial charge on any atom is -0.462 e. The number of unbranched alkanes of at least 4 members (excludes halogenated alkanes) is 18. The monoisotopic (exact) mass is 835 g/mol. The third kappa shape index (κ3) is 45.7. The van der Waals surface area contributed by atoms with Crippen LogP contribution in [0.15, 0.2) is 85.1 Å². The van der Waals surface area contributed by atoms with Crippen LogP contribution in [0.4, 0.5) is 0 Å². The quantitative estimate of drug-likeness (QED) is 0.0263. The van der Waals surface area contributed by atoms with Gasteiger partial charge in [-0.3, -0.25) is 14.4 Å². The SMILES string of the molecule is CC/C=C\C/C=C\C/C=C\CCCCCCCCCCCC(=O)OCC(COC(=O)CCCCCCC/C=C\CCCC)OC(=O)CCCC/C=C\C/C=C\C/C=C\CC. The van der Waals surface area contributed by atoms with Gasteiger partial charge in [0, 0.05) is 19.3 Å². The Bertz CT molecular complexity index is 1190. The predicted molar refractivity (Wildman–Crippen MR) is 256 cm³/mol. The molecule has 0 aromatic heterocycles. The van der Waals surface area contributed by atoms with Gasteiger partial charge >= 0.3 is 17.9 Å². The maximum Gasteiger partial charge on any atom is 0.306 e. The molecule has 0 rings (SSSR count). The second kappa shape index (κ2) is 48.3. The lowest BCUT2D eigenvalue weighted by Crippen LogP contribution is -2.30. The Hall–Kier alpha value is -3.41. The summed E-state index contributed by atoms with van der Waals surface area (Å²) >= 11 is 0. The molecular weight excluding hydrogens is 745 g/mol. The molecule has 1 unspecified atom stereocenters. The number of allylic oxidation sites excluding steroid dienone is 14. The van der Waals surface area contributed by atoms with Crippen LogP contribution in [-0.2, 0) is 28.6 Å². The Balaban J connectivity index is 4.38. The van der Waals surface area contributed by atoms with Crippen LogP contribution in [0.25, 0.3) is 0 Å². The van der Waals surface area contributed by atoms with E-state index in [1.54, 1.807) is 0 Å². The molecule has 0 aliphatic rings. The fourth-order valence-corrected chi connectivity index (χ4v) is 6.45. The first-order valence-electron chi connectivity index (χ1n) is 24.6. The molecule has 1 atom stereocenters. The molecular formula is C54H90O6. The Morgan fingerprint density at radius 1 is 0.350 bits per heavy atom. The van der Waals surface area contributed by atoms with Crippen molar-refractivity contribution in [2.75, 3.05) is 13.2 Å². The van der Waals surface area contributed by atoms with E-state index in [0.29, 0.717) is 19.3 Å². The van der Waals surface area contributed by atoms with Crippen molar-refractivity contribution in [2.45, 2.75) is 226 Å². The third-order valence-corrected chi connectivity index (χ3v) is 10.1. The molecule has 342 valence electrons. The van der Waals surface area contributed by atoms with Crippen molar-refractivity contribution < 1.29 is 28.6 Å². The average Bonchev–Trinajstić information content (AvgIpc) is 3.24. The largest absolute Gasteiger partial charge is 0.462 e. The Kier molecular flexibility index (Phi) is 45.5. The molecule has 0 heterocycles. The number of hydrogen-bond acceptors (Lipinski definition) is 6. The van der Waals surface area contributed by atoms with Crippen LogP contribution >= 0.6 is 0 Å². The summed E-state index contributed by atoms with van der Waals surface area (Å²) in [4.78, 5) is 37.8. The molecule has 0 radical (unpaired) electrons. The summed E-state index contributed by atoms with van der Waals surface area (Å²) in [6, 6.07) is 0. The maximum absolute atomic E-state index is 12.7. The summed E-state index contributed by atoms with van der Waals surface area (Å²) < 4.78 is 16.7. The van der Waals surface area contributed by atoms with Crippen molar-refractivity contribution in [1.29, 1.82) is 0 Å². The van der Waals surface area contributed by atoms with E-state index in [0.717, 1.165) is 103 Å². The first kappa shape index (κ1) is 56.6.